The third kappa shape index (κ3) is 3.68. The van der Waals surface area contributed by atoms with Crippen LogP contribution in [0.4, 0.5) is 11.4 Å². The molecule has 8 heteroatoms. The topological polar surface area (TPSA) is 83.6 Å². The fraction of sp³-hybridized carbons (Fsp3) is 0.538. The molecule has 1 aliphatic rings. The van der Waals surface area contributed by atoms with Crippen LogP contribution in [0.2, 0.25) is 0 Å². The van der Waals surface area contributed by atoms with E-state index in [2.05, 4.69) is 4.72 Å². The quantitative estimate of drug-likeness (QED) is 0.911. The molecule has 2 rings (SSSR count). The molecular weight excluding hydrogens is 312 g/mol. The van der Waals surface area contributed by atoms with Crippen LogP contribution < -0.4 is 9.03 Å². The van der Waals surface area contributed by atoms with Gasteiger partial charge in [-0.1, -0.05) is 0 Å². The molecule has 1 heterocycles. The predicted molar refractivity (Wildman–Crippen MR) is 84.5 cm³/mol. The Balaban J connectivity index is 2.20. The van der Waals surface area contributed by atoms with E-state index in [1.807, 2.05) is 0 Å². The van der Waals surface area contributed by atoms with Gasteiger partial charge in [0.2, 0.25) is 20.0 Å². The highest BCUT2D eigenvalue weighted by Gasteiger charge is 2.26. The maximum atomic E-state index is 12.0. The highest BCUT2D eigenvalue weighted by molar-refractivity contribution is 7.93. The summed E-state index contributed by atoms with van der Waals surface area (Å²) in [5.74, 6) is 0.161. The van der Waals surface area contributed by atoms with Crippen LogP contribution in [-0.2, 0) is 20.0 Å². The second kappa shape index (κ2) is 5.84. The summed E-state index contributed by atoms with van der Waals surface area (Å²) in [5.41, 5.74) is 1.00. The van der Waals surface area contributed by atoms with Crippen molar-refractivity contribution in [3.8, 4) is 0 Å². The molecule has 0 saturated carbocycles. The molecule has 118 valence electrons. The molecule has 1 saturated heterocycles. The van der Waals surface area contributed by atoms with Gasteiger partial charge in [-0.15, -0.1) is 0 Å². The molecule has 21 heavy (non-hydrogen) atoms. The lowest BCUT2D eigenvalue weighted by Gasteiger charge is -2.28. The zero-order chi connectivity index (χ0) is 15.7. The first-order chi connectivity index (χ1) is 9.72. The van der Waals surface area contributed by atoms with Crippen LogP contribution in [-0.4, -0.2) is 34.4 Å². The lowest BCUT2D eigenvalue weighted by atomic mass is 10.2. The fourth-order valence-electron chi connectivity index (χ4n) is 2.06. The van der Waals surface area contributed by atoms with E-state index in [4.69, 9.17) is 0 Å². The second-order valence-corrected chi connectivity index (χ2v) is 9.59. The maximum Gasteiger partial charge on any atom is 0.235 e. The average Bonchev–Trinajstić information content (AvgIpc) is 2.39. The van der Waals surface area contributed by atoms with Gasteiger partial charge in [-0.2, -0.15) is 0 Å². The third-order valence-corrected chi connectivity index (χ3v) is 7.02. The summed E-state index contributed by atoms with van der Waals surface area (Å²) in [6.45, 7) is 3.66. The van der Waals surface area contributed by atoms with Gasteiger partial charge in [0.15, 0.2) is 0 Å². The molecule has 1 aromatic carbocycles. The van der Waals surface area contributed by atoms with E-state index in [0.29, 0.717) is 24.3 Å². The molecule has 1 aromatic rings. The highest BCUT2D eigenvalue weighted by atomic mass is 32.2. The van der Waals surface area contributed by atoms with Crippen LogP contribution >= 0.6 is 0 Å². The standard InChI is InChI=1S/C13H20N2O4S2/c1-11(2)21(18,19)14-12-5-7-13(8-6-12)15-9-3-4-10-20(15,16)17/h5-8,11,14H,3-4,9-10H2,1-2H3. The van der Waals surface area contributed by atoms with E-state index >= 15 is 0 Å². The van der Waals surface area contributed by atoms with Gasteiger partial charge in [0, 0.05) is 12.2 Å². The SMILES string of the molecule is CC(C)S(=O)(=O)Nc1ccc(N2CCCCS2(=O)=O)cc1. The Bertz CT molecular complexity index is 694. The Morgan fingerprint density at radius 1 is 1.14 bits per heavy atom. The van der Waals surface area contributed by atoms with Gasteiger partial charge < -0.3 is 0 Å². The molecule has 0 radical (unpaired) electrons. The summed E-state index contributed by atoms with van der Waals surface area (Å²) in [5, 5.41) is -0.528. The Labute approximate surface area is 126 Å². The molecule has 6 nitrogen and oxygen atoms in total. The lowest BCUT2D eigenvalue weighted by molar-refractivity contribution is 0.574. The van der Waals surface area contributed by atoms with Crippen molar-refractivity contribution in [1.82, 2.24) is 0 Å². The zero-order valence-corrected chi connectivity index (χ0v) is 13.7. The zero-order valence-electron chi connectivity index (χ0n) is 12.1. The molecule has 0 amide bonds. The molecule has 1 N–H and O–H groups in total. The summed E-state index contributed by atoms with van der Waals surface area (Å²) in [6.07, 6.45) is 1.52. The first kappa shape index (κ1) is 16.1. The van der Waals surface area contributed by atoms with Gasteiger partial charge in [-0.05, 0) is 51.0 Å². The molecule has 0 atom stereocenters. The number of sulfonamides is 2. The second-order valence-electron chi connectivity index (χ2n) is 5.34. The molecular formula is C13H20N2O4S2. The van der Waals surface area contributed by atoms with Gasteiger partial charge in [-0.25, -0.2) is 16.8 Å². The molecule has 1 fully saturated rings. The highest BCUT2D eigenvalue weighted by Crippen LogP contribution is 2.25. The van der Waals surface area contributed by atoms with Gasteiger partial charge in [0.1, 0.15) is 0 Å². The summed E-state index contributed by atoms with van der Waals surface area (Å²) >= 11 is 0. The van der Waals surface area contributed by atoms with Crippen molar-refractivity contribution in [2.45, 2.75) is 31.9 Å². The van der Waals surface area contributed by atoms with Crippen molar-refractivity contribution < 1.29 is 16.8 Å². The smallest absolute Gasteiger partial charge is 0.235 e. The molecule has 0 bridgehead atoms. The minimum absolute atomic E-state index is 0.161. The lowest BCUT2D eigenvalue weighted by Crippen LogP contribution is -2.37. The largest absolute Gasteiger partial charge is 0.283 e. The van der Waals surface area contributed by atoms with Gasteiger partial charge >= 0.3 is 0 Å². The van der Waals surface area contributed by atoms with Crippen molar-refractivity contribution in [2.75, 3.05) is 21.3 Å². The third-order valence-electron chi connectivity index (χ3n) is 3.39. The van der Waals surface area contributed by atoms with Crippen molar-refractivity contribution in [3.05, 3.63) is 24.3 Å². The Morgan fingerprint density at radius 2 is 1.76 bits per heavy atom. The number of hydrogen-bond donors (Lipinski definition) is 1. The first-order valence-corrected chi connectivity index (χ1v) is 10.00. The Kier molecular flexibility index (Phi) is 4.48. The van der Waals surface area contributed by atoms with Crippen LogP contribution in [0, 0.1) is 0 Å². The van der Waals surface area contributed by atoms with E-state index in [-0.39, 0.29) is 5.75 Å². The Hall–Kier alpha value is -1.28. The van der Waals surface area contributed by atoms with Gasteiger partial charge in [0.05, 0.1) is 16.7 Å². The van der Waals surface area contributed by atoms with E-state index in [1.54, 1.807) is 38.1 Å². The van der Waals surface area contributed by atoms with Crippen molar-refractivity contribution in [3.63, 3.8) is 0 Å². The number of benzene rings is 1. The summed E-state index contributed by atoms with van der Waals surface area (Å²) in [4.78, 5) is 0. The molecule has 0 aliphatic carbocycles. The number of rotatable bonds is 4. The van der Waals surface area contributed by atoms with Crippen LogP contribution in [0.15, 0.2) is 24.3 Å². The van der Waals surface area contributed by atoms with Gasteiger partial charge in [0.25, 0.3) is 0 Å². The minimum Gasteiger partial charge on any atom is -0.283 e. The van der Waals surface area contributed by atoms with E-state index in [0.717, 1.165) is 6.42 Å². The number of hydrogen-bond acceptors (Lipinski definition) is 4. The summed E-state index contributed by atoms with van der Waals surface area (Å²) < 4.78 is 51.4. The van der Waals surface area contributed by atoms with Gasteiger partial charge in [-0.3, -0.25) is 9.03 Å². The fourth-order valence-corrected chi connectivity index (χ4v) is 4.40. The summed E-state index contributed by atoms with van der Waals surface area (Å²) in [7, 11) is -6.64. The molecule has 0 aromatic heterocycles. The average molecular weight is 332 g/mol. The monoisotopic (exact) mass is 332 g/mol. The Morgan fingerprint density at radius 3 is 2.29 bits per heavy atom. The number of nitrogens with one attached hydrogen (secondary N) is 1. The van der Waals surface area contributed by atoms with Crippen LogP contribution in [0.3, 0.4) is 0 Å². The molecule has 0 unspecified atom stereocenters. The van der Waals surface area contributed by atoms with Crippen LogP contribution in [0.1, 0.15) is 26.7 Å². The normalized spacial score (nSPS) is 18.7. The molecule has 1 aliphatic heterocycles. The van der Waals surface area contributed by atoms with Crippen LogP contribution in [0.25, 0.3) is 0 Å². The number of nitrogens with zero attached hydrogens (tertiary/aromatic N) is 1. The van der Waals surface area contributed by atoms with Crippen molar-refractivity contribution in [1.29, 1.82) is 0 Å². The van der Waals surface area contributed by atoms with E-state index in [1.165, 1.54) is 4.31 Å². The first-order valence-electron chi connectivity index (χ1n) is 6.84. The van der Waals surface area contributed by atoms with Crippen LogP contribution in [0.5, 0.6) is 0 Å². The van der Waals surface area contributed by atoms with Crippen molar-refractivity contribution in [2.24, 2.45) is 0 Å². The molecule has 0 spiro atoms. The van der Waals surface area contributed by atoms with E-state index < -0.39 is 25.3 Å². The predicted octanol–water partition coefficient (Wildman–Crippen LogP) is 1.77. The minimum atomic E-state index is -3.39. The number of anilines is 2. The summed E-state index contributed by atoms with van der Waals surface area (Å²) in [6, 6.07) is 6.42. The van der Waals surface area contributed by atoms with Crippen molar-refractivity contribution >= 4 is 31.4 Å². The van der Waals surface area contributed by atoms with E-state index in [9.17, 15) is 16.8 Å². The maximum absolute atomic E-state index is 12.0.